The summed E-state index contributed by atoms with van der Waals surface area (Å²) >= 11 is 5.87. The predicted octanol–water partition coefficient (Wildman–Crippen LogP) is 3.30. The highest BCUT2D eigenvalue weighted by molar-refractivity contribution is 6.30. The van der Waals surface area contributed by atoms with Crippen LogP contribution in [0.25, 0.3) is 0 Å². The van der Waals surface area contributed by atoms with Crippen molar-refractivity contribution in [2.75, 3.05) is 37.6 Å². The van der Waals surface area contributed by atoms with Gasteiger partial charge in [-0.3, -0.25) is 4.90 Å². The van der Waals surface area contributed by atoms with Gasteiger partial charge >= 0.3 is 0 Å². The van der Waals surface area contributed by atoms with Crippen LogP contribution in [0.4, 0.5) is 10.2 Å². The van der Waals surface area contributed by atoms with Crippen molar-refractivity contribution in [2.45, 2.75) is 26.1 Å². The molecule has 2 aliphatic rings. The first kappa shape index (κ1) is 19.9. The van der Waals surface area contributed by atoms with Crippen molar-refractivity contribution in [2.24, 2.45) is 0 Å². The van der Waals surface area contributed by atoms with Gasteiger partial charge in [0.2, 0.25) is 0 Å². The minimum atomic E-state index is -0.688. The molecule has 1 aromatic heterocycles. The summed E-state index contributed by atoms with van der Waals surface area (Å²) < 4.78 is 13.1. The minimum Gasteiger partial charge on any atom is -0.361 e. The van der Waals surface area contributed by atoms with E-state index >= 15 is 0 Å². The fourth-order valence-electron chi connectivity index (χ4n) is 3.59. The van der Waals surface area contributed by atoms with Gasteiger partial charge in [-0.15, -0.1) is 0 Å². The van der Waals surface area contributed by atoms with Gasteiger partial charge in [-0.1, -0.05) is 18.2 Å². The molecule has 0 radical (unpaired) electrons. The van der Waals surface area contributed by atoms with Crippen LogP contribution < -0.4 is 4.90 Å². The highest BCUT2D eigenvalue weighted by Gasteiger charge is 2.29. The maximum atomic E-state index is 13.1. The number of hydrogen-bond donors (Lipinski definition) is 1. The second kappa shape index (κ2) is 8.87. The summed E-state index contributed by atoms with van der Waals surface area (Å²) in [5.41, 5.74) is 2.25. The molecular weight excluding hydrogens is 367 g/mol. The van der Waals surface area contributed by atoms with Gasteiger partial charge in [-0.2, -0.15) is 0 Å². The number of pyridine rings is 1. The van der Waals surface area contributed by atoms with E-state index in [4.69, 9.17) is 11.6 Å². The largest absolute Gasteiger partial charge is 0.361 e. The lowest BCUT2D eigenvalue weighted by Gasteiger charge is -2.44. The average Bonchev–Trinajstić information content (AvgIpc) is 2.67. The first-order chi connectivity index (χ1) is 13.0. The number of aliphatic hydroxyl groups excluding tert-OH is 1. The van der Waals surface area contributed by atoms with Crippen LogP contribution in [-0.2, 0) is 0 Å². The molecule has 0 bridgehead atoms. The van der Waals surface area contributed by atoms with Gasteiger partial charge in [-0.25, -0.2) is 9.37 Å². The molecule has 3 heterocycles. The second-order valence-electron chi connectivity index (χ2n) is 6.95. The SMILES string of the molecule is C=C(Cl)/C=C\C1=C(C)CCCN1C(O)N1CCN(c2ccc(F)cn2)CC1. The summed E-state index contributed by atoms with van der Waals surface area (Å²) in [6.07, 6.45) is 6.28. The molecule has 0 spiro atoms. The topological polar surface area (TPSA) is 42.8 Å². The van der Waals surface area contributed by atoms with Crippen molar-refractivity contribution in [1.29, 1.82) is 0 Å². The normalized spacial score (nSPS) is 20.4. The zero-order chi connectivity index (χ0) is 19.4. The molecule has 1 N–H and O–H groups in total. The second-order valence-corrected chi connectivity index (χ2v) is 7.43. The van der Waals surface area contributed by atoms with Crippen molar-refractivity contribution >= 4 is 17.4 Å². The molecule has 5 nitrogen and oxygen atoms in total. The number of nitrogens with zero attached hydrogens (tertiary/aromatic N) is 4. The van der Waals surface area contributed by atoms with E-state index in [2.05, 4.69) is 28.3 Å². The number of hydrogen-bond acceptors (Lipinski definition) is 5. The average molecular weight is 393 g/mol. The Balaban J connectivity index is 1.65. The highest BCUT2D eigenvalue weighted by atomic mass is 35.5. The summed E-state index contributed by atoms with van der Waals surface area (Å²) in [5, 5.41) is 11.5. The number of aliphatic hydroxyl groups is 1. The monoisotopic (exact) mass is 392 g/mol. The molecule has 1 aromatic rings. The van der Waals surface area contributed by atoms with Gasteiger partial charge in [0.15, 0.2) is 6.35 Å². The molecule has 1 unspecified atom stereocenters. The first-order valence-electron chi connectivity index (χ1n) is 9.23. The van der Waals surface area contributed by atoms with Crippen molar-refractivity contribution in [3.63, 3.8) is 0 Å². The smallest absolute Gasteiger partial charge is 0.186 e. The Morgan fingerprint density at radius 2 is 2.04 bits per heavy atom. The van der Waals surface area contributed by atoms with Crippen molar-refractivity contribution in [1.82, 2.24) is 14.8 Å². The van der Waals surface area contributed by atoms with E-state index in [0.29, 0.717) is 18.1 Å². The van der Waals surface area contributed by atoms with Crippen LogP contribution in [0.2, 0.25) is 0 Å². The Kier molecular flexibility index (Phi) is 6.52. The van der Waals surface area contributed by atoms with Crippen LogP contribution in [0, 0.1) is 5.82 Å². The highest BCUT2D eigenvalue weighted by Crippen LogP contribution is 2.27. The molecule has 0 saturated carbocycles. The number of halogens is 2. The first-order valence-corrected chi connectivity index (χ1v) is 9.61. The summed E-state index contributed by atoms with van der Waals surface area (Å²) in [5.74, 6) is 0.434. The van der Waals surface area contributed by atoms with Crippen LogP contribution in [0.3, 0.4) is 0 Å². The van der Waals surface area contributed by atoms with Crippen molar-refractivity contribution in [3.05, 3.63) is 59.2 Å². The molecule has 1 saturated heterocycles. The maximum Gasteiger partial charge on any atom is 0.186 e. The van der Waals surface area contributed by atoms with Gasteiger partial charge < -0.3 is 14.9 Å². The van der Waals surface area contributed by atoms with Crippen LogP contribution >= 0.6 is 11.6 Å². The molecule has 1 fully saturated rings. The summed E-state index contributed by atoms with van der Waals surface area (Å²) in [6.45, 7) is 9.46. The van der Waals surface area contributed by atoms with Crippen molar-refractivity contribution < 1.29 is 9.50 Å². The van der Waals surface area contributed by atoms with E-state index in [1.54, 1.807) is 12.1 Å². The Labute approximate surface area is 165 Å². The van der Waals surface area contributed by atoms with Gasteiger partial charge in [0, 0.05) is 43.5 Å². The van der Waals surface area contributed by atoms with E-state index < -0.39 is 6.35 Å². The Morgan fingerprint density at radius 3 is 2.67 bits per heavy atom. The molecule has 2 aliphatic heterocycles. The van der Waals surface area contributed by atoms with Crippen molar-refractivity contribution in [3.8, 4) is 0 Å². The van der Waals surface area contributed by atoms with Crippen LogP contribution in [0.15, 0.2) is 53.4 Å². The quantitative estimate of drug-likeness (QED) is 0.779. The van der Waals surface area contributed by atoms with Gasteiger partial charge in [0.1, 0.15) is 11.6 Å². The molecule has 3 rings (SSSR count). The molecule has 7 heteroatoms. The number of piperazine rings is 1. The lowest BCUT2D eigenvalue weighted by molar-refractivity contribution is -0.0994. The molecule has 27 heavy (non-hydrogen) atoms. The summed E-state index contributed by atoms with van der Waals surface area (Å²) in [7, 11) is 0. The van der Waals surface area contributed by atoms with Gasteiger partial charge in [0.05, 0.1) is 6.20 Å². The molecule has 0 aromatic carbocycles. The minimum absolute atomic E-state index is 0.333. The van der Waals surface area contributed by atoms with Gasteiger partial charge in [-0.05, 0) is 49.6 Å². The maximum absolute atomic E-state index is 13.1. The number of aromatic nitrogens is 1. The molecule has 0 aliphatic carbocycles. The van der Waals surface area contributed by atoms with E-state index in [1.165, 1.54) is 17.8 Å². The van der Waals surface area contributed by atoms with E-state index in [0.717, 1.165) is 44.0 Å². The van der Waals surface area contributed by atoms with Gasteiger partial charge in [0.25, 0.3) is 0 Å². The van der Waals surface area contributed by atoms with Crippen LogP contribution in [0.5, 0.6) is 0 Å². The zero-order valence-electron chi connectivity index (χ0n) is 15.6. The Hall–Kier alpha value is -1.89. The number of rotatable bonds is 5. The van der Waals surface area contributed by atoms with Crippen LogP contribution in [-0.4, -0.2) is 59.0 Å². The molecule has 146 valence electrons. The number of allylic oxidation sites excluding steroid dienone is 4. The third kappa shape index (κ3) is 4.89. The fraction of sp³-hybridized carbons (Fsp3) is 0.450. The predicted molar refractivity (Wildman–Crippen MR) is 107 cm³/mol. The lowest BCUT2D eigenvalue weighted by atomic mass is 10.0. The van der Waals surface area contributed by atoms with Crippen LogP contribution in [0.1, 0.15) is 19.8 Å². The third-order valence-electron chi connectivity index (χ3n) is 5.07. The molecule has 1 atom stereocenters. The zero-order valence-corrected chi connectivity index (χ0v) is 16.4. The van der Waals surface area contributed by atoms with E-state index in [9.17, 15) is 9.50 Å². The Bertz CT molecular complexity index is 726. The lowest BCUT2D eigenvalue weighted by Crippen LogP contribution is -2.56. The van der Waals surface area contributed by atoms with E-state index in [-0.39, 0.29) is 5.82 Å². The summed E-state index contributed by atoms with van der Waals surface area (Å²) in [4.78, 5) is 10.3. The fourth-order valence-corrected chi connectivity index (χ4v) is 3.65. The standard InChI is InChI=1S/C20H26ClFN4O/c1-15-4-3-9-26(18(15)7-5-16(2)21)20(27)25-12-10-24(11-13-25)19-8-6-17(22)14-23-19/h5-8,14,20,27H,2-4,9-13H2,1H3/b7-5-. The summed E-state index contributed by atoms with van der Waals surface area (Å²) in [6, 6.07) is 3.12. The third-order valence-corrected chi connectivity index (χ3v) is 5.20. The number of anilines is 1. The molecular formula is C20H26ClFN4O. The Morgan fingerprint density at radius 1 is 1.30 bits per heavy atom. The molecule has 0 amide bonds. The van der Waals surface area contributed by atoms with E-state index in [1.807, 2.05) is 11.0 Å².